The number of imidazole rings is 1. The smallest absolute Gasteiger partial charge is 0.186 e. The fourth-order valence-electron chi connectivity index (χ4n) is 2.17. The molecular weight excluding hydrogens is 176 g/mol. The Kier molecular flexibility index (Phi) is 2.17. The van der Waals surface area contributed by atoms with E-state index in [1.54, 1.807) is 0 Å². The Hall–Kier alpha value is -1.12. The molecule has 1 aliphatic carbocycles. The standard InChI is InChI=1S/C11H16N2O/c1-6(2)8-4-5-9-10(11(8)14)13-7(3)12-9/h6,8H,4-5H2,1-3H3,(H,12,13). The van der Waals surface area contributed by atoms with Crippen LogP contribution in [-0.4, -0.2) is 15.8 Å². The molecule has 1 aromatic heterocycles. The molecule has 1 heterocycles. The van der Waals surface area contributed by atoms with Gasteiger partial charge >= 0.3 is 0 Å². The summed E-state index contributed by atoms with van der Waals surface area (Å²) < 4.78 is 0. The second kappa shape index (κ2) is 3.23. The number of hydrogen-bond acceptors (Lipinski definition) is 2. The molecule has 0 spiro atoms. The van der Waals surface area contributed by atoms with E-state index in [9.17, 15) is 4.79 Å². The molecule has 0 aromatic carbocycles. The van der Waals surface area contributed by atoms with Gasteiger partial charge in [-0.3, -0.25) is 4.79 Å². The van der Waals surface area contributed by atoms with Gasteiger partial charge in [-0.25, -0.2) is 4.98 Å². The number of carbonyl (C=O) groups is 1. The molecule has 1 N–H and O–H groups in total. The highest BCUT2D eigenvalue weighted by molar-refractivity contribution is 5.98. The first-order valence-electron chi connectivity index (χ1n) is 5.19. The van der Waals surface area contributed by atoms with Crippen molar-refractivity contribution in [3.8, 4) is 0 Å². The topological polar surface area (TPSA) is 45.8 Å². The average Bonchev–Trinajstić information content (AvgIpc) is 2.46. The van der Waals surface area contributed by atoms with Crippen molar-refractivity contribution in [2.75, 3.05) is 0 Å². The van der Waals surface area contributed by atoms with E-state index >= 15 is 0 Å². The molecule has 14 heavy (non-hydrogen) atoms. The first kappa shape index (κ1) is 9.44. The molecule has 0 fully saturated rings. The van der Waals surface area contributed by atoms with Crippen molar-refractivity contribution in [2.45, 2.75) is 33.6 Å². The zero-order valence-corrected chi connectivity index (χ0v) is 8.92. The summed E-state index contributed by atoms with van der Waals surface area (Å²) in [4.78, 5) is 19.4. The van der Waals surface area contributed by atoms with Crippen molar-refractivity contribution in [1.82, 2.24) is 9.97 Å². The summed E-state index contributed by atoms with van der Waals surface area (Å²) in [6, 6.07) is 0. The van der Waals surface area contributed by atoms with Gasteiger partial charge in [-0.1, -0.05) is 13.8 Å². The van der Waals surface area contributed by atoms with Crippen LogP contribution in [0, 0.1) is 18.8 Å². The third-order valence-electron chi connectivity index (χ3n) is 2.98. The van der Waals surface area contributed by atoms with Gasteiger partial charge in [0.25, 0.3) is 0 Å². The highest BCUT2D eigenvalue weighted by Gasteiger charge is 2.31. The van der Waals surface area contributed by atoms with Gasteiger partial charge in [0.05, 0.1) is 0 Å². The van der Waals surface area contributed by atoms with E-state index in [0.29, 0.717) is 11.6 Å². The van der Waals surface area contributed by atoms with Gasteiger partial charge in [-0.15, -0.1) is 0 Å². The van der Waals surface area contributed by atoms with E-state index in [0.717, 1.165) is 24.4 Å². The maximum absolute atomic E-state index is 12.0. The number of ketones is 1. The van der Waals surface area contributed by atoms with Gasteiger partial charge in [0.1, 0.15) is 11.5 Å². The highest BCUT2D eigenvalue weighted by atomic mass is 16.1. The van der Waals surface area contributed by atoms with Gasteiger partial charge in [-0.05, 0) is 25.7 Å². The maximum atomic E-state index is 12.0. The predicted octanol–water partition coefficient (Wildman–Crippen LogP) is 2.12. The first-order chi connectivity index (χ1) is 6.59. The molecule has 76 valence electrons. The third kappa shape index (κ3) is 1.37. The molecule has 1 unspecified atom stereocenters. The van der Waals surface area contributed by atoms with E-state index in [-0.39, 0.29) is 11.7 Å². The molecule has 0 aliphatic heterocycles. The number of Topliss-reactive ketones (excluding diaryl/α,β-unsaturated/α-hetero) is 1. The zero-order chi connectivity index (χ0) is 10.3. The number of carbonyl (C=O) groups excluding carboxylic acids is 1. The molecule has 1 aliphatic rings. The number of H-pyrrole nitrogens is 1. The number of aromatic amines is 1. The van der Waals surface area contributed by atoms with Gasteiger partial charge in [-0.2, -0.15) is 0 Å². The minimum atomic E-state index is 0.171. The summed E-state index contributed by atoms with van der Waals surface area (Å²) in [6.45, 7) is 6.11. The second-order valence-corrected chi connectivity index (χ2v) is 4.40. The molecule has 1 atom stereocenters. The van der Waals surface area contributed by atoms with Crippen molar-refractivity contribution in [3.63, 3.8) is 0 Å². The van der Waals surface area contributed by atoms with E-state index in [2.05, 4.69) is 23.8 Å². The van der Waals surface area contributed by atoms with Crippen LogP contribution in [-0.2, 0) is 6.42 Å². The third-order valence-corrected chi connectivity index (χ3v) is 2.98. The fourth-order valence-corrected chi connectivity index (χ4v) is 2.17. The lowest BCUT2D eigenvalue weighted by molar-refractivity contribution is 0.0858. The minimum absolute atomic E-state index is 0.171. The molecular formula is C11H16N2O. The van der Waals surface area contributed by atoms with Crippen molar-refractivity contribution in [3.05, 3.63) is 17.2 Å². The Labute approximate surface area is 83.9 Å². The van der Waals surface area contributed by atoms with Crippen LogP contribution in [0.1, 0.15) is 42.3 Å². The van der Waals surface area contributed by atoms with Crippen molar-refractivity contribution in [2.24, 2.45) is 11.8 Å². The SMILES string of the molecule is Cc1nc2c([nH]1)CCC(C(C)C)C2=O. The minimum Gasteiger partial charge on any atom is -0.345 e. The van der Waals surface area contributed by atoms with Gasteiger partial charge in [0.15, 0.2) is 5.78 Å². The summed E-state index contributed by atoms with van der Waals surface area (Å²) in [7, 11) is 0. The molecule has 0 bridgehead atoms. The quantitative estimate of drug-likeness (QED) is 0.740. The summed E-state index contributed by atoms with van der Waals surface area (Å²) in [5.41, 5.74) is 1.72. The summed E-state index contributed by atoms with van der Waals surface area (Å²) >= 11 is 0. The Morgan fingerprint density at radius 1 is 1.50 bits per heavy atom. The van der Waals surface area contributed by atoms with Gasteiger partial charge in [0.2, 0.25) is 0 Å². The Morgan fingerprint density at radius 3 is 2.86 bits per heavy atom. The van der Waals surface area contributed by atoms with Gasteiger partial charge in [0, 0.05) is 11.6 Å². The summed E-state index contributed by atoms with van der Waals surface area (Å²) in [5.74, 6) is 1.68. The molecule has 0 saturated heterocycles. The number of fused-ring (bicyclic) bond motifs is 1. The lowest BCUT2D eigenvalue weighted by Gasteiger charge is -2.22. The van der Waals surface area contributed by atoms with Crippen molar-refractivity contribution in [1.29, 1.82) is 0 Å². The lowest BCUT2D eigenvalue weighted by atomic mass is 9.81. The van der Waals surface area contributed by atoms with Crippen LogP contribution in [0.2, 0.25) is 0 Å². The van der Waals surface area contributed by atoms with Crippen molar-refractivity contribution >= 4 is 5.78 Å². The number of nitrogens with one attached hydrogen (secondary N) is 1. The van der Waals surface area contributed by atoms with Crippen LogP contribution in [0.3, 0.4) is 0 Å². The molecule has 1 aromatic rings. The molecule has 2 rings (SSSR count). The van der Waals surface area contributed by atoms with Gasteiger partial charge < -0.3 is 4.98 Å². The normalized spacial score (nSPS) is 21.4. The monoisotopic (exact) mass is 192 g/mol. The van der Waals surface area contributed by atoms with Crippen LogP contribution in [0.4, 0.5) is 0 Å². The largest absolute Gasteiger partial charge is 0.345 e. The summed E-state index contributed by atoms with van der Waals surface area (Å²) in [6.07, 6.45) is 1.93. The number of aryl methyl sites for hydroxylation is 2. The lowest BCUT2D eigenvalue weighted by Crippen LogP contribution is -2.26. The van der Waals surface area contributed by atoms with Crippen molar-refractivity contribution < 1.29 is 4.79 Å². The molecule has 0 radical (unpaired) electrons. The average molecular weight is 192 g/mol. The number of aromatic nitrogens is 2. The van der Waals surface area contributed by atoms with Crippen LogP contribution in [0.25, 0.3) is 0 Å². The van der Waals surface area contributed by atoms with E-state index < -0.39 is 0 Å². The number of rotatable bonds is 1. The van der Waals surface area contributed by atoms with E-state index in [4.69, 9.17) is 0 Å². The molecule has 3 nitrogen and oxygen atoms in total. The second-order valence-electron chi connectivity index (χ2n) is 4.40. The fraction of sp³-hybridized carbons (Fsp3) is 0.636. The van der Waals surface area contributed by atoms with Crippen LogP contribution in [0.15, 0.2) is 0 Å². The molecule has 3 heteroatoms. The first-order valence-corrected chi connectivity index (χ1v) is 5.19. The Bertz CT molecular complexity index is 365. The van der Waals surface area contributed by atoms with Crippen LogP contribution < -0.4 is 0 Å². The van der Waals surface area contributed by atoms with Crippen LogP contribution >= 0.6 is 0 Å². The maximum Gasteiger partial charge on any atom is 0.186 e. The predicted molar refractivity (Wildman–Crippen MR) is 54.3 cm³/mol. The number of nitrogens with zero attached hydrogens (tertiary/aromatic N) is 1. The van der Waals surface area contributed by atoms with E-state index in [1.807, 2.05) is 6.92 Å². The zero-order valence-electron chi connectivity index (χ0n) is 8.92. The molecule has 0 saturated carbocycles. The van der Waals surface area contributed by atoms with E-state index in [1.165, 1.54) is 0 Å². The Morgan fingerprint density at radius 2 is 2.21 bits per heavy atom. The number of hydrogen-bond donors (Lipinski definition) is 1. The van der Waals surface area contributed by atoms with Crippen LogP contribution in [0.5, 0.6) is 0 Å². The Balaban J connectivity index is 2.36. The highest BCUT2D eigenvalue weighted by Crippen LogP contribution is 2.28. The molecule has 0 amide bonds. The summed E-state index contributed by atoms with van der Waals surface area (Å²) in [5, 5.41) is 0.